The molecule has 1 aromatic carbocycles. The summed E-state index contributed by atoms with van der Waals surface area (Å²) in [6.45, 7) is 0.276. The Hall–Kier alpha value is -3.36. The minimum absolute atomic E-state index is 0.0299. The minimum Gasteiger partial charge on any atom is -0.350 e. The first kappa shape index (κ1) is 16.0. The zero-order chi connectivity index (χ0) is 16.7. The predicted octanol–water partition coefficient (Wildman–Crippen LogP) is 0.545. The Balaban J connectivity index is 1.84. The molecule has 2 N–H and O–H groups in total. The molecule has 0 unspecified atom stereocenters. The van der Waals surface area contributed by atoms with Crippen molar-refractivity contribution in [3.05, 3.63) is 64.2 Å². The molecule has 1 heterocycles. The van der Waals surface area contributed by atoms with Gasteiger partial charge >= 0.3 is 0 Å². The fraction of sp³-hybridized carbons (Fsp3) is 0.143. The molecule has 9 heteroatoms. The maximum absolute atomic E-state index is 11.9. The van der Waals surface area contributed by atoms with E-state index >= 15 is 0 Å². The van der Waals surface area contributed by atoms with Crippen LogP contribution in [0.2, 0.25) is 0 Å². The average Bonchev–Trinajstić information content (AvgIpc) is 2.59. The monoisotopic (exact) mass is 315 g/mol. The first-order valence-corrected chi connectivity index (χ1v) is 6.65. The zero-order valence-corrected chi connectivity index (χ0v) is 11.9. The van der Waals surface area contributed by atoms with Gasteiger partial charge in [-0.2, -0.15) is 0 Å². The summed E-state index contributed by atoms with van der Waals surface area (Å²) in [7, 11) is 0. The molecule has 0 atom stereocenters. The molecule has 1 aromatic heterocycles. The van der Waals surface area contributed by atoms with Crippen LogP contribution in [0.15, 0.2) is 42.9 Å². The largest absolute Gasteiger partial charge is 0.350 e. The van der Waals surface area contributed by atoms with Crippen molar-refractivity contribution >= 4 is 17.5 Å². The van der Waals surface area contributed by atoms with Crippen molar-refractivity contribution in [1.29, 1.82) is 0 Å². The van der Waals surface area contributed by atoms with Gasteiger partial charge in [0.2, 0.25) is 0 Å². The first-order chi connectivity index (χ1) is 11.1. The van der Waals surface area contributed by atoms with E-state index in [1.807, 2.05) is 0 Å². The standard InChI is InChI=1S/C14H13N5O4/c20-13(10-3-1-2-4-12(10)19(22)23)17-7-8-18-14(21)11-9-15-5-6-16-11/h1-6,9H,7-8H2,(H,17,20)(H,18,21). The fourth-order valence-corrected chi connectivity index (χ4v) is 1.78. The number of amides is 2. The Kier molecular flexibility index (Phi) is 5.29. The van der Waals surface area contributed by atoms with Crippen molar-refractivity contribution in [3.8, 4) is 0 Å². The molecule has 0 aliphatic heterocycles. The normalized spacial score (nSPS) is 9.91. The van der Waals surface area contributed by atoms with Crippen LogP contribution in [0.1, 0.15) is 20.8 Å². The predicted molar refractivity (Wildman–Crippen MR) is 79.8 cm³/mol. The van der Waals surface area contributed by atoms with Crippen LogP contribution in [0.25, 0.3) is 0 Å². The van der Waals surface area contributed by atoms with Crippen LogP contribution >= 0.6 is 0 Å². The van der Waals surface area contributed by atoms with Gasteiger partial charge in [0.25, 0.3) is 17.5 Å². The summed E-state index contributed by atoms with van der Waals surface area (Å²) in [5.41, 5.74) is -0.135. The molecule has 0 aliphatic carbocycles. The zero-order valence-electron chi connectivity index (χ0n) is 11.9. The Morgan fingerprint density at radius 1 is 1.09 bits per heavy atom. The Bertz CT molecular complexity index is 720. The lowest BCUT2D eigenvalue weighted by Gasteiger charge is -2.07. The molecule has 0 spiro atoms. The van der Waals surface area contributed by atoms with Gasteiger partial charge in [-0.15, -0.1) is 0 Å². The maximum Gasteiger partial charge on any atom is 0.282 e. The number of carbonyl (C=O) groups is 2. The van der Waals surface area contributed by atoms with Crippen LogP contribution < -0.4 is 10.6 Å². The van der Waals surface area contributed by atoms with E-state index in [1.54, 1.807) is 0 Å². The smallest absolute Gasteiger partial charge is 0.282 e. The number of hydrogen-bond acceptors (Lipinski definition) is 6. The number of nitro groups is 1. The van der Waals surface area contributed by atoms with Crippen molar-refractivity contribution in [2.45, 2.75) is 0 Å². The molecule has 2 amide bonds. The molecule has 0 saturated carbocycles. The molecule has 2 rings (SSSR count). The van der Waals surface area contributed by atoms with E-state index in [0.717, 1.165) is 0 Å². The third-order valence-corrected chi connectivity index (χ3v) is 2.84. The van der Waals surface area contributed by atoms with Gasteiger partial charge in [0, 0.05) is 31.5 Å². The summed E-state index contributed by atoms with van der Waals surface area (Å²) in [4.78, 5) is 41.5. The van der Waals surface area contributed by atoms with Gasteiger partial charge < -0.3 is 10.6 Å². The van der Waals surface area contributed by atoms with E-state index in [0.29, 0.717) is 0 Å². The van der Waals surface area contributed by atoms with Crippen LogP contribution in [0, 0.1) is 10.1 Å². The summed E-state index contributed by atoms with van der Waals surface area (Å²) in [5, 5.41) is 15.9. The van der Waals surface area contributed by atoms with Crippen LogP contribution in [-0.2, 0) is 0 Å². The minimum atomic E-state index is -0.620. The molecule has 0 bridgehead atoms. The molecule has 2 aromatic rings. The van der Waals surface area contributed by atoms with Crippen molar-refractivity contribution in [2.24, 2.45) is 0 Å². The van der Waals surface area contributed by atoms with Gasteiger partial charge in [-0.25, -0.2) is 4.98 Å². The summed E-state index contributed by atoms with van der Waals surface area (Å²) in [5.74, 6) is -0.996. The van der Waals surface area contributed by atoms with E-state index in [9.17, 15) is 19.7 Å². The molecular weight excluding hydrogens is 302 g/mol. The Labute approximate surface area is 130 Å². The summed E-state index contributed by atoms with van der Waals surface area (Å²) < 4.78 is 0. The van der Waals surface area contributed by atoms with E-state index in [4.69, 9.17) is 0 Å². The van der Waals surface area contributed by atoms with Crippen molar-refractivity contribution in [1.82, 2.24) is 20.6 Å². The van der Waals surface area contributed by atoms with Gasteiger partial charge in [-0.05, 0) is 6.07 Å². The highest BCUT2D eigenvalue weighted by Crippen LogP contribution is 2.16. The molecule has 9 nitrogen and oxygen atoms in total. The molecular formula is C14H13N5O4. The lowest BCUT2D eigenvalue weighted by atomic mass is 10.1. The number of aromatic nitrogens is 2. The SMILES string of the molecule is O=C(NCCNC(=O)c1ccccc1[N+](=O)[O-])c1cnccn1. The van der Waals surface area contributed by atoms with Gasteiger partial charge in [-0.3, -0.25) is 24.7 Å². The third kappa shape index (κ3) is 4.30. The van der Waals surface area contributed by atoms with E-state index in [-0.39, 0.29) is 30.0 Å². The number of hydrogen-bond donors (Lipinski definition) is 2. The first-order valence-electron chi connectivity index (χ1n) is 6.65. The van der Waals surface area contributed by atoms with Gasteiger partial charge in [0.15, 0.2) is 0 Å². The molecule has 118 valence electrons. The molecule has 0 radical (unpaired) electrons. The Morgan fingerprint density at radius 3 is 2.43 bits per heavy atom. The summed E-state index contributed by atoms with van der Waals surface area (Å²) in [6, 6.07) is 5.64. The van der Waals surface area contributed by atoms with E-state index < -0.39 is 16.7 Å². The van der Waals surface area contributed by atoms with Crippen molar-refractivity contribution < 1.29 is 14.5 Å². The quantitative estimate of drug-likeness (QED) is 0.455. The van der Waals surface area contributed by atoms with Gasteiger partial charge in [0.1, 0.15) is 11.3 Å². The molecule has 23 heavy (non-hydrogen) atoms. The molecule has 0 saturated heterocycles. The van der Waals surface area contributed by atoms with Crippen LogP contribution in [0.3, 0.4) is 0 Å². The second kappa shape index (κ2) is 7.59. The highest BCUT2D eigenvalue weighted by molar-refractivity contribution is 5.98. The van der Waals surface area contributed by atoms with Crippen LogP contribution in [0.5, 0.6) is 0 Å². The highest BCUT2D eigenvalue weighted by atomic mass is 16.6. The lowest BCUT2D eigenvalue weighted by Crippen LogP contribution is -2.35. The molecule has 0 fully saturated rings. The number of nitrogens with one attached hydrogen (secondary N) is 2. The van der Waals surface area contributed by atoms with Crippen LogP contribution in [-0.4, -0.2) is 39.8 Å². The van der Waals surface area contributed by atoms with Gasteiger partial charge in [0.05, 0.1) is 11.1 Å². The Morgan fingerprint density at radius 2 is 1.78 bits per heavy atom. The average molecular weight is 315 g/mol. The third-order valence-electron chi connectivity index (χ3n) is 2.84. The number of rotatable bonds is 6. The maximum atomic E-state index is 11.9. The second-order valence-corrected chi connectivity index (χ2v) is 4.38. The van der Waals surface area contributed by atoms with Crippen LogP contribution in [0.4, 0.5) is 5.69 Å². The summed E-state index contributed by atoms with van der Waals surface area (Å²) in [6.07, 6.45) is 4.16. The topological polar surface area (TPSA) is 127 Å². The highest BCUT2D eigenvalue weighted by Gasteiger charge is 2.18. The lowest BCUT2D eigenvalue weighted by molar-refractivity contribution is -0.385. The number of benzene rings is 1. The number of para-hydroxylation sites is 1. The second-order valence-electron chi connectivity index (χ2n) is 4.38. The number of nitrogens with zero attached hydrogens (tertiary/aromatic N) is 3. The van der Waals surface area contributed by atoms with E-state index in [2.05, 4.69) is 20.6 Å². The van der Waals surface area contributed by atoms with Gasteiger partial charge in [-0.1, -0.05) is 12.1 Å². The summed E-state index contributed by atoms with van der Waals surface area (Å²) >= 11 is 0. The number of nitro benzene ring substituents is 1. The van der Waals surface area contributed by atoms with Crippen molar-refractivity contribution in [2.75, 3.05) is 13.1 Å². The molecule has 0 aliphatic rings. The fourth-order valence-electron chi connectivity index (χ4n) is 1.78. The van der Waals surface area contributed by atoms with Crippen molar-refractivity contribution in [3.63, 3.8) is 0 Å². The number of carbonyl (C=O) groups excluding carboxylic acids is 2. The van der Waals surface area contributed by atoms with E-state index in [1.165, 1.54) is 42.9 Å².